The molecule has 2 heterocycles. The van der Waals surface area contributed by atoms with Crippen molar-refractivity contribution in [3.8, 4) is 11.6 Å². The number of hydrogen-bond acceptors (Lipinski definition) is 6. The van der Waals surface area contributed by atoms with Crippen molar-refractivity contribution >= 4 is 50.5 Å². The molecule has 186 valence electrons. The summed E-state index contributed by atoms with van der Waals surface area (Å²) in [6.45, 7) is 3.37. The summed E-state index contributed by atoms with van der Waals surface area (Å²) >= 11 is 17.9. The maximum absolute atomic E-state index is 12.9. The number of aromatic nitrogens is 1. The van der Waals surface area contributed by atoms with E-state index in [2.05, 4.69) is 15.0 Å². The lowest BCUT2D eigenvalue weighted by molar-refractivity contribution is 0.0662. The summed E-state index contributed by atoms with van der Waals surface area (Å²) in [7, 11) is -4.00. The van der Waals surface area contributed by atoms with Gasteiger partial charge >= 0.3 is 0 Å². The van der Waals surface area contributed by atoms with Gasteiger partial charge in [0.25, 0.3) is 10.0 Å². The Hall–Kier alpha value is -2.07. The number of anilines is 1. The SMILES string of the molecule is O=S(=O)(Nc1cc(Cl)cnc1Oc1ccc(CNCC2CCOCC2)cc1)c1ccc(Cl)c(Cl)c1. The van der Waals surface area contributed by atoms with Crippen molar-refractivity contribution in [2.45, 2.75) is 24.3 Å². The molecule has 1 aromatic heterocycles. The first-order valence-corrected chi connectivity index (χ1v) is 13.6. The van der Waals surface area contributed by atoms with E-state index in [-0.39, 0.29) is 31.5 Å². The Morgan fingerprint density at radius 2 is 1.74 bits per heavy atom. The molecule has 3 aromatic rings. The molecule has 4 rings (SSSR count). The minimum Gasteiger partial charge on any atom is -0.437 e. The molecule has 1 fully saturated rings. The molecule has 1 aliphatic heterocycles. The van der Waals surface area contributed by atoms with E-state index in [0.29, 0.717) is 11.7 Å². The van der Waals surface area contributed by atoms with Gasteiger partial charge in [0.2, 0.25) is 5.88 Å². The zero-order valence-electron chi connectivity index (χ0n) is 18.6. The zero-order chi connectivity index (χ0) is 24.8. The van der Waals surface area contributed by atoms with Gasteiger partial charge in [-0.15, -0.1) is 0 Å². The van der Waals surface area contributed by atoms with Crippen molar-refractivity contribution in [3.05, 3.63) is 75.4 Å². The molecule has 0 unspecified atom stereocenters. The fourth-order valence-electron chi connectivity index (χ4n) is 3.59. The highest BCUT2D eigenvalue weighted by atomic mass is 35.5. The van der Waals surface area contributed by atoms with Crippen LogP contribution in [0.15, 0.2) is 59.6 Å². The summed E-state index contributed by atoms with van der Waals surface area (Å²) in [5.74, 6) is 1.21. The molecule has 7 nitrogen and oxygen atoms in total. The van der Waals surface area contributed by atoms with Gasteiger partial charge in [-0.25, -0.2) is 13.4 Å². The average molecular weight is 557 g/mol. The number of pyridine rings is 1. The minimum atomic E-state index is -4.00. The number of benzene rings is 2. The van der Waals surface area contributed by atoms with Crippen LogP contribution < -0.4 is 14.8 Å². The van der Waals surface area contributed by atoms with E-state index in [1.54, 1.807) is 12.1 Å². The Balaban J connectivity index is 1.42. The molecule has 0 aliphatic carbocycles. The molecule has 0 spiro atoms. The van der Waals surface area contributed by atoms with E-state index in [9.17, 15) is 8.42 Å². The Kier molecular flexibility index (Phi) is 8.75. The number of hydrogen-bond donors (Lipinski definition) is 2. The van der Waals surface area contributed by atoms with E-state index in [1.165, 1.54) is 30.5 Å². The van der Waals surface area contributed by atoms with Crippen LogP contribution in [0, 0.1) is 5.92 Å². The summed E-state index contributed by atoms with van der Waals surface area (Å²) in [5, 5.41) is 4.11. The predicted molar refractivity (Wildman–Crippen MR) is 138 cm³/mol. The Morgan fingerprint density at radius 3 is 2.46 bits per heavy atom. The second-order valence-corrected chi connectivity index (χ2v) is 11.1. The number of sulfonamides is 1. The largest absolute Gasteiger partial charge is 0.437 e. The van der Waals surface area contributed by atoms with Crippen LogP contribution in [0.1, 0.15) is 18.4 Å². The normalized spacial score (nSPS) is 14.6. The number of nitrogens with one attached hydrogen (secondary N) is 2. The maximum Gasteiger partial charge on any atom is 0.262 e. The van der Waals surface area contributed by atoms with E-state index in [0.717, 1.165) is 44.7 Å². The lowest BCUT2D eigenvalue weighted by atomic mass is 10.0. The van der Waals surface area contributed by atoms with Crippen molar-refractivity contribution in [3.63, 3.8) is 0 Å². The van der Waals surface area contributed by atoms with Gasteiger partial charge < -0.3 is 14.8 Å². The summed E-state index contributed by atoms with van der Waals surface area (Å²) in [6.07, 6.45) is 3.55. The third-order valence-corrected chi connectivity index (χ3v) is 7.81. The van der Waals surface area contributed by atoms with Crippen LogP contribution in [0.4, 0.5) is 5.69 Å². The Labute approximate surface area is 219 Å². The minimum absolute atomic E-state index is 0.0587. The monoisotopic (exact) mass is 555 g/mol. The molecule has 0 bridgehead atoms. The van der Waals surface area contributed by atoms with Crippen LogP contribution in [0.5, 0.6) is 11.6 Å². The Bertz CT molecular complexity index is 1270. The number of halogens is 3. The fraction of sp³-hybridized carbons (Fsp3) is 0.292. The van der Waals surface area contributed by atoms with Crippen molar-refractivity contribution in [2.24, 2.45) is 5.92 Å². The third-order valence-electron chi connectivity index (χ3n) is 5.50. The topological polar surface area (TPSA) is 89.6 Å². The molecular weight excluding hydrogens is 533 g/mol. The molecule has 0 atom stereocenters. The molecule has 2 N–H and O–H groups in total. The smallest absolute Gasteiger partial charge is 0.262 e. The van der Waals surface area contributed by atoms with Gasteiger partial charge in [0.1, 0.15) is 11.4 Å². The van der Waals surface area contributed by atoms with Gasteiger partial charge in [-0.3, -0.25) is 4.72 Å². The van der Waals surface area contributed by atoms with E-state index < -0.39 is 10.0 Å². The van der Waals surface area contributed by atoms with Crippen LogP contribution in [0.3, 0.4) is 0 Å². The van der Waals surface area contributed by atoms with Gasteiger partial charge in [0.05, 0.1) is 20.0 Å². The molecule has 2 aromatic carbocycles. The lowest BCUT2D eigenvalue weighted by Crippen LogP contribution is -2.27. The van der Waals surface area contributed by atoms with E-state index >= 15 is 0 Å². The van der Waals surface area contributed by atoms with Crippen LogP contribution in [0.25, 0.3) is 0 Å². The van der Waals surface area contributed by atoms with Crippen LogP contribution >= 0.6 is 34.8 Å². The molecule has 35 heavy (non-hydrogen) atoms. The Morgan fingerprint density at radius 1 is 1.00 bits per heavy atom. The first-order valence-electron chi connectivity index (χ1n) is 11.0. The number of nitrogens with zero attached hydrogens (tertiary/aromatic N) is 1. The number of rotatable bonds is 9. The van der Waals surface area contributed by atoms with Crippen molar-refractivity contribution in [2.75, 3.05) is 24.5 Å². The van der Waals surface area contributed by atoms with Crippen LogP contribution in [-0.4, -0.2) is 33.2 Å². The van der Waals surface area contributed by atoms with Gasteiger partial charge in [-0.2, -0.15) is 0 Å². The highest BCUT2D eigenvalue weighted by Crippen LogP contribution is 2.32. The van der Waals surface area contributed by atoms with E-state index in [4.69, 9.17) is 44.3 Å². The molecule has 11 heteroatoms. The second kappa shape index (κ2) is 11.8. The standard InChI is InChI=1S/C24H24Cl3N3O4S/c25-18-11-23(30-35(31,32)20-5-6-21(26)22(27)12-20)24(29-15-18)34-19-3-1-16(2-4-19)13-28-14-17-7-9-33-10-8-17/h1-6,11-12,15,17,28,30H,7-10,13-14H2. The highest BCUT2D eigenvalue weighted by Gasteiger charge is 2.20. The van der Waals surface area contributed by atoms with Gasteiger partial charge in [0, 0.05) is 26.0 Å². The quantitative estimate of drug-likeness (QED) is 0.329. The molecular formula is C24H24Cl3N3O4S. The average Bonchev–Trinajstić information content (AvgIpc) is 2.84. The first-order chi connectivity index (χ1) is 16.8. The maximum atomic E-state index is 12.9. The summed E-state index contributed by atoms with van der Waals surface area (Å²) in [4.78, 5) is 4.10. The fourth-order valence-corrected chi connectivity index (χ4v) is 5.18. The molecule has 1 aliphatic rings. The van der Waals surface area contributed by atoms with Crippen molar-refractivity contribution < 1.29 is 17.9 Å². The van der Waals surface area contributed by atoms with Crippen LogP contribution in [0.2, 0.25) is 15.1 Å². The molecule has 0 amide bonds. The highest BCUT2D eigenvalue weighted by molar-refractivity contribution is 7.92. The van der Waals surface area contributed by atoms with Crippen molar-refractivity contribution in [1.29, 1.82) is 0 Å². The zero-order valence-corrected chi connectivity index (χ0v) is 21.7. The van der Waals surface area contributed by atoms with Crippen molar-refractivity contribution in [1.82, 2.24) is 10.3 Å². The van der Waals surface area contributed by atoms with Gasteiger partial charge in [0.15, 0.2) is 0 Å². The molecule has 0 saturated carbocycles. The number of ether oxygens (including phenoxy) is 2. The summed E-state index contributed by atoms with van der Waals surface area (Å²) < 4.78 is 39.5. The first kappa shape index (κ1) is 26.0. The van der Waals surface area contributed by atoms with Gasteiger partial charge in [-0.05, 0) is 67.3 Å². The van der Waals surface area contributed by atoms with Crippen LogP contribution in [-0.2, 0) is 21.3 Å². The molecule has 0 radical (unpaired) electrons. The summed E-state index contributed by atoms with van der Waals surface area (Å²) in [5.41, 5.74) is 1.19. The van der Waals surface area contributed by atoms with Gasteiger partial charge in [-0.1, -0.05) is 46.9 Å². The molecule has 1 saturated heterocycles. The van der Waals surface area contributed by atoms with E-state index in [1.807, 2.05) is 12.1 Å². The summed E-state index contributed by atoms with van der Waals surface area (Å²) in [6, 6.07) is 12.9. The lowest BCUT2D eigenvalue weighted by Gasteiger charge is -2.22. The second-order valence-electron chi connectivity index (χ2n) is 8.12. The predicted octanol–water partition coefficient (Wildman–Crippen LogP) is 6.15. The third kappa shape index (κ3) is 7.22.